The Labute approximate surface area is 176 Å². The van der Waals surface area contributed by atoms with E-state index in [-0.39, 0.29) is 13.0 Å². The van der Waals surface area contributed by atoms with Crippen molar-refractivity contribution in [1.29, 1.82) is 0 Å². The van der Waals surface area contributed by atoms with Gasteiger partial charge in [-0.1, -0.05) is 74.0 Å². The third-order valence-corrected chi connectivity index (χ3v) is 4.48. The molecule has 160 valence electrons. The minimum atomic E-state index is -0.903. The lowest BCUT2D eigenvalue weighted by molar-refractivity contribution is -0.145. The lowest BCUT2D eigenvalue weighted by Crippen LogP contribution is -2.52. The number of esters is 1. The number of amides is 2. The molecule has 0 saturated carbocycles. The Morgan fingerprint density at radius 3 is 2.03 bits per heavy atom. The zero-order valence-electron chi connectivity index (χ0n) is 17.3. The average molecular weight is 412 g/mol. The predicted molar refractivity (Wildman–Crippen MR) is 113 cm³/mol. The molecule has 0 spiro atoms. The number of carbonyl (C=O) groups is 3. The Morgan fingerprint density at radius 2 is 1.47 bits per heavy atom. The molecule has 0 saturated heterocycles. The first-order chi connectivity index (χ1) is 14.5. The number of nitrogens with one attached hydrogen (secondary N) is 2. The van der Waals surface area contributed by atoms with Gasteiger partial charge in [0.2, 0.25) is 5.91 Å². The molecular weight excluding hydrogens is 384 g/mol. The molecule has 2 aromatic rings. The molecule has 0 aliphatic rings. The van der Waals surface area contributed by atoms with Gasteiger partial charge in [0.25, 0.3) is 0 Å². The summed E-state index contributed by atoms with van der Waals surface area (Å²) in [7, 11) is 1.28. The molecule has 0 unspecified atom stereocenters. The van der Waals surface area contributed by atoms with E-state index in [2.05, 4.69) is 10.6 Å². The van der Waals surface area contributed by atoms with Crippen LogP contribution in [0.1, 0.15) is 30.9 Å². The van der Waals surface area contributed by atoms with Crippen molar-refractivity contribution in [3.05, 3.63) is 71.8 Å². The van der Waals surface area contributed by atoms with Crippen molar-refractivity contribution in [3.8, 4) is 0 Å². The Balaban J connectivity index is 2.05. The van der Waals surface area contributed by atoms with Crippen molar-refractivity contribution in [2.75, 3.05) is 7.11 Å². The maximum atomic E-state index is 12.9. The minimum absolute atomic E-state index is 0.0902. The van der Waals surface area contributed by atoms with Crippen LogP contribution in [0.25, 0.3) is 0 Å². The van der Waals surface area contributed by atoms with Crippen LogP contribution >= 0.6 is 0 Å². The van der Waals surface area contributed by atoms with Crippen molar-refractivity contribution in [1.82, 2.24) is 10.6 Å². The molecule has 7 heteroatoms. The fourth-order valence-electron chi connectivity index (χ4n) is 2.92. The summed E-state index contributed by atoms with van der Waals surface area (Å²) in [6, 6.07) is 16.9. The summed E-state index contributed by atoms with van der Waals surface area (Å²) in [5, 5.41) is 5.30. The van der Waals surface area contributed by atoms with Gasteiger partial charge in [-0.3, -0.25) is 4.79 Å². The summed E-state index contributed by atoms with van der Waals surface area (Å²) in [6.45, 7) is 2.00. The van der Waals surface area contributed by atoms with Crippen LogP contribution in [-0.2, 0) is 32.1 Å². The summed E-state index contributed by atoms with van der Waals surface area (Å²) >= 11 is 0. The van der Waals surface area contributed by atoms with Gasteiger partial charge >= 0.3 is 12.1 Å². The second kappa shape index (κ2) is 12.3. The standard InChI is InChI=1S/C23H28N2O5/c1-3-10-19(22(27)29-2)24-21(26)20(15-17-11-6-4-7-12-17)25-23(28)30-16-18-13-8-5-9-14-18/h4-9,11-14,19-20H,3,10,15-16H2,1-2H3,(H,24,26)(H,25,28)/t19-,20-/m0/s1. The normalized spacial score (nSPS) is 12.3. The molecule has 0 aliphatic carbocycles. The number of benzene rings is 2. The van der Waals surface area contributed by atoms with E-state index in [1.807, 2.05) is 67.6 Å². The van der Waals surface area contributed by atoms with E-state index < -0.39 is 30.1 Å². The van der Waals surface area contributed by atoms with Crippen LogP contribution in [0.4, 0.5) is 4.79 Å². The number of alkyl carbamates (subject to hydrolysis) is 1. The fraction of sp³-hybridized carbons (Fsp3) is 0.348. The third kappa shape index (κ3) is 7.58. The Bertz CT molecular complexity index is 811. The van der Waals surface area contributed by atoms with E-state index in [9.17, 15) is 14.4 Å². The van der Waals surface area contributed by atoms with Crippen molar-refractivity contribution in [2.24, 2.45) is 0 Å². The summed E-state index contributed by atoms with van der Waals surface area (Å²) < 4.78 is 10.0. The maximum absolute atomic E-state index is 12.9. The number of hydrogen-bond donors (Lipinski definition) is 2. The van der Waals surface area contributed by atoms with Gasteiger partial charge in [0.15, 0.2) is 0 Å². The summed E-state index contributed by atoms with van der Waals surface area (Å²) in [4.78, 5) is 37.1. The first-order valence-electron chi connectivity index (χ1n) is 9.92. The second-order valence-corrected chi connectivity index (χ2v) is 6.82. The molecule has 30 heavy (non-hydrogen) atoms. The minimum Gasteiger partial charge on any atom is -0.467 e. The van der Waals surface area contributed by atoms with Gasteiger partial charge in [0.05, 0.1) is 7.11 Å². The van der Waals surface area contributed by atoms with Crippen LogP contribution in [0.5, 0.6) is 0 Å². The van der Waals surface area contributed by atoms with E-state index >= 15 is 0 Å². The molecule has 2 aromatic carbocycles. The van der Waals surface area contributed by atoms with Crippen molar-refractivity contribution in [3.63, 3.8) is 0 Å². The second-order valence-electron chi connectivity index (χ2n) is 6.82. The summed E-state index contributed by atoms with van der Waals surface area (Å²) in [5.41, 5.74) is 1.71. The highest BCUT2D eigenvalue weighted by atomic mass is 16.5. The van der Waals surface area contributed by atoms with E-state index in [4.69, 9.17) is 9.47 Å². The molecule has 0 aliphatic heterocycles. The van der Waals surface area contributed by atoms with Gasteiger partial charge in [-0.25, -0.2) is 9.59 Å². The number of methoxy groups -OCH3 is 1. The van der Waals surface area contributed by atoms with Crippen molar-refractivity contribution < 1.29 is 23.9 Å². The van der Waals surface area contributed by atoms with Crippen LogP contribution in [0.2, 0.25) is 0 Å². The number of carbonyl (C=O) groups excluding carboxylic acids is 3. The molecule has 2 atom stereocenters. The highest BCUT2D eigenvalue weighted by Crippen LogP contribution is 2.07. The fourth-order valence-corrected chi connectivity index (χ4v) is 2.92. The maximum Gasteiger partial charge on any atom is 0.408 e. The van der Waals surface area contributed by atoms with Gasteiger partial charge in [-0.05, 0) is 17.5 Å². The number of hydrogen-bond acceptors (Lipinski definition) is 5. The van der Waals surface area contributed by atoms with E-state index in [1.54, 1.807) is 0 Å². The highest BCUT2D eigenvalue weighted by molar-refractivity contribution is 5.89. The third-order valence-electron chi connectivity index (χ3n) is 4.48. The molecule has 2 amide bonds. The predicted octanol–water partition coefficient (Wildman–Crippen LogP) is 2.98. The highest BCUT2D eigenvalue weighted by Gasteiger charge is 2.27. The number of ether oxygens (including phenoxy) is 2. The lowest BCUT2D eigenvalue weighted by atomic mass is 10.0. The van der Waals surface area contributed by atoms with Crippen molar-refractivity contribution in [2.45, 2.75) is 44.9 Å². The van der Waals surface area contributed by atoms with Crippen LogP contribution in [0.3, 0.4) is 0 Å². The van der Waals surface area contributed by atoms with E-state index in [0.29, 0.717) is 12.8 Å². The molecule has 0 radical (unpaired) electrons. The molecule has 0 bridgehead atoms. The largest absolute Gasteiger partial charge is 0.467 e. The van der Waals surface area contributed by atoms with Crippen LogP contribution in [0.15, 0.2) is 60.7 Å². The zero-order chi connectivity index (χ0) is 21.8. The van der Waals surface area contributed by atoms with Crippen molar-refractivity contribution >= 4 is 18.0 Å². The molecule has 0 heterocycles. The van der Waals surface area contributed by atoms with E-state index in [0.717, 1.165) is 11.1 Å². The van der Waals surface area contributed by atoms with Crippen LogP contribution in [-0.4, -0.2) is 37.2 Å². The molecule has 0 aromatic heterocycles. The first-order valence-corrected chi connectivity index (χ1v) is 9.92. The smallest absolute Gasteiger partial charge is 0.408 e. The molecule has 0 fully saturated rings. The lowest BCUT2D eigenvalue weighted by Gasteiger charge is -2.22. The summed E-state index contributed by atoms with van der Waals surface area (Å²) in [6.07, 6.45) is 0.679. The van der Waals surface area contributed by atoms with E-state index in [1.165, 1.54) is 7.11 Å². The monoisotopic (exact) mass is 412 g/mol. The Hall–Kier alpha value is -3.35. The molecule has 7 nitrogen and oxygen atoms in total. The topological polar surface area (TPSA) is 93.7 Å². The van der Waals surface area contributed by atoms with Gasteiger partial charge in [-0.2, -0.15) is 0 Å². The van der Waals surface area contributed by atoms with Crippen LogP contribution in [0, 0.1) is 0 Å². The molecular formula is C23H28N2O5. The molecule has 2 rings (SSSR count). The van der Waals surface area contributed by atoms with Gasteiger partial charge in [-0.15, -0.1) is 0 Å². The van der Waals surface area contributed by atoms with Gasteiger partial charge in [0.1, 0.15) is 18.7 Å². The first kappa shape index (κ1) is 22.9. The summed E-state index contributed by atoms with van der Waals surface area (Å²) in [5.74, 6) is -0.991. The van der Waals surface area contributed by atoms with Crippen LogP contribution < -0.4 is 10.6 Å². The quantitative estimate of drug-likeness (QED) is 0.585. The van der Waals surface area contributed by atoms with Gasteiger partial charge < -0.3 is 20.1 Å². The van der Waals surface area contributed by atoms with Gasteiger partial charge in [0, 0.05) is 6.42 Å². The Morgan fingerprint density at radius 1 is 0.867 bits per heavy atom. The molecule has 2 N–H and O–H groups in total. The Kier molecular flexibility index (Phi) is 9.37. The SMILES string of the molecule is CCC[C@H](NC(=O)[C@H](Cc1ccccc1)NC(=O)OCc1ccccc1)C(=O)OC. The zero-order valence-corrected chi connectivity index (χ0v) is 17.3. The average Bonchev–Trinajstić information content (AvgIpc) is 2.77. The number of rotatable bonds is 10.